The van der Waals surface area contributed by atoms with E-state index in [1.165, 1.54) is 25.7 Å². The minimum Gasteiger partial charge on any atom is -0.370 e. The normalized spacial score (nSPS) is 18.4. The maximum Gasteiger partial charge on any atom is 0.217 e. The topological polar surface area (TPSA) is 43.1 Å². The van der Waals surface area contributed by atoms with E-state index in [2.05, 4.69) is 0 Å². The van der Waals surface area contributed by atoms with Gasteiger partial charge in [0.25, 0.3) is 0 Å². The van der Waals surface area contributed by atoms with Crippen LogP contribution >= 0.6 is 0 Å². The molecule has 0 radical (unpaired) electrons. The minimum atomic E-state index is -0.153. The molecule has 1 aliphatic rings. The van der Waals surface area contributed by atoms with Gasteiger partial charge in [-0.2, -0.15) is 0 Å². The molecule has 0 aliphatic heterocycles. The van der Waals surface area contributed by atoms with E-state index in [1.807, 2.05) is 0 Å². The van der Waals surface area contributed by atoms with Gasteiger partial charge in [-0.05, 0) is 18.8 Å². The van der Waals surface area contributed by atoms with Crippen LogP contribution in [0.15, 0.2) is 0 Å². The second kappa shape index (κ2) is 3.59. The Morgan fingerprint density at radius 2 is 2.20 bits per heavy atom. The van der Waals surface area contributed by atoms with Crippen molar-refractivity contribution in [1.82, 2.24) is 0 Å². The van der Waals surface area contributed by atoms with Crippen molar-refractivity contribution in [3.05, 3.63) is 0 Å². The third kappa shape index (κ3) is 2.38. The summed E-state index contributed by atoms with van der Waals surface area (Å²) < 4.78 is 0. The molecule has 0 aromatic carbocycles. The van der Waals surface area contributed by atoms with E-state index >= 15 is 0 Å². The minimum absolute atomic E-state index is 0.153. The summed E-state index contributed by atoms with van der Waals surface area (Å²) in [5.41, 5.74) is 5.00. The molecule has 0 aromatic heterocycles. The molecule has 58 valence electrons. The Morgan fingerprint density at radius 1 is 1.50 bits per heavy atom. The van der Waals surface area contributed by atoms with Crippen LogP contribution in [0.1, 0.15) is 38.5 Å². The molecule has 1 aliphatic carbocycles. The van der Waals surface area contributed by atoms with Gasteiger partial charge in [0.05, 0.1) is 0 Å². The Kier molecular flexibility index (Phi) is 2.72. The summed E-state index contributed by atoms with van der Waals surface area (Å²) in [4.78, 5) is 10.3. The fourth-order valence-corrected chi connectivity index (χ4v) is 1.35. The van der Waals surface area contributed by atoms with E-state index < -0.39 is 0 Å². The van der Waals surface area contributed by atoms with Gasteiger partial charge in [-0.25, -0.2) is 0 Å². The van der Waals surface area contributed by atoms with Crippen molar-refractivity contribution in [1.29, 1.82) is 0 Å². The van der Waals surface area contributed by atoms with Gasteiger partial charge >= 0.3 is 0 Å². The number of amides is 1. The van der Waals surface area contributed by atoms with Gasteiger partial charge in [-0.15, -0.1) is 0 Å². The van der Waals surface area contributed by atoms with Crippen LogP contribution in [0.2, 0.25) is 0 Å². The predicted molar refractivity (Wildman–Crippen MR) is 40.4 cm³/mol. The lowest BCUT2D eigenvalue weighted by Gasteiger charge is -2.24. The lowest BCUT2D eigenvalue weighted by Crippen LogP contribution is -2.14. The van der Waals surface area contributed by atoms with Gasteiger partial charge in [0, 0.05) is 6.42 Å². The highest BCUT2D eigenvalue weighted by Crippen LogP contribution is 2.30. The summed E-state index contributed by atoms with van der Waals surface area (Å²) >= 11 is 0. The van der Waals surface area contributed by atoms with E-state index in [0.717, 1.165) is 12.3 Å². The first-order valence-corrected chi connectivity index (χ1v) is 4.07. The van der Waals surface area contributed by atoms with Crippen LogP contribution in [0, 0.1) is 5.92 Å². The van der Waals surface area contributed by atoms with E-state index in [1.54, 1.807) is 0 Å². The maximum absolute atomic E-state index is 10.3. The van der Waals surface area contributed by atoms with Crippen LogP contribution < -0.4 is 5.73 Å². The zero-order valence-corrected chi connectivity index (χ0v) is 6.31. The van der Waals surface area contributed by atoms with E-state index in [9.17, 15) is 4.79 Å². The van der Waals surface area contributed by atoms with Crippen molar-refractivity contribution in [3.8, 4) is 0 Å². The molecule has 1 rings (SSSR count). The Balaban J connectivity index is 1.89. The van der Waals surface area contributed by atoms with E-state index in [0.29, 0.717) is 6.42 Å². The molecule has 2 heteroatoms. The van der Waals surface area contributed by atoms with Crippen molar-refractivity contribution in [2.75, 3.05) is 0 Å². The van der Waals surface area contributed by atoms with Gasteiger partial charge in [0.15, 0.2) is 0 Å². The van der Waals surface area contributed by atoms with Crippen LogP contribution in [0.25, 0.3) is 0 Å². The van der Waals surface area contributed by atoms with E-state index in [4.69, 9.17) is 5.73 Å². The standard InChI is InChI=1S/C8H15NO/c9-8(10)6-2-5-7-3-1-4-7/h7H,1-6H2,(H2,9,10). The third-order valence-corrected chi connectivity index (χ3v) is 2.26. The summed E-state index contributed by atoms with van der Waals surface area (Å²) in [5, 5.41) is 0. The molecule has 2 nitrogen and oxygen atoms in total. The first-order valence-electron chi connectivity index (χ1n) is 4.07. The van der Waals surface area contributed by atoms with Crippen LogP contribution in [-0.2, 0) is 4.79 Å². The van der Waals surface area contributed by atoms with Crippen LogP contribution in [0.4, 0.5) is 0 Å². The quantitative estimate of drug-likeness (QED) is 0.632. The Hall–Kier alpha value is -0.530. The van der Waals surface area contributed by atoms with Gasteiger partial charge in [0.1, 0.15) is 0 Å². The molecule has 2 N–H and O–H groups in total. The van der Waals surface area contributed by atoms with Gasteiger partial charge in [-0.3, -0.25) is 4.79 Å². The van der Waals surface area contributed by atoms with Crippen molar-refractivity contribution in [2.24, 2.45) is 11.7 Å². The first kappa shape index (κ1) is 7.58. The molecule has 0 unspecified atom stereocenters. The van der Waals surface area contributed by atoms with Crippen molar-refractivity contribution in [2.45, 2.75) is 38.5 Å². The number of nitrogens with two attached hydrogens (primary N) is 1. The first-order chi connectivity index (χ1) is 4.79. The highest BCUT2D eigenvalue weighted by atomic mass is 16.1. The summed E-state index contributed by atoms with van der Waals surface area (Å²) in [5.74, 6) is 0.763. The lowest BCUT2D eigenvalue weighted by molar-refractivity contribution is -0.118. The summed E-state index contributed by atoms with van der Waals surface area (Å²) in [7, 11) is 0. The fourth-order valence-electron chi connectivity index (χ4n) is 1.35. The van der Waals surface area contributed by atoms with Gasteiger partial charge in [0.2, 0.25) is 5.91 Å². The monoisotopic (exact) mass is 141 g/mol. The molecule has 0 atom stereocenters. The average Bonchev–Trinajstić information content (AvgIpc) is 1.75. The number of carbonyl (C=O) groups excluding carboxylic acids is 1. The Labute approximate surface area is 61.8 Å². The second-order valence-corrected chi connectivity index (χ2v) is 3.16. The van der Waals surface area contributed by atoms with Gasteiger partial charge < -0.3 is 5.73 Å². The van der Waals surface area contributed by atoms with E-state index in [-0.39, 0.29) is 5.91 Å². The molecule has 0 spiro atoms. The third-order valence-electron chi connectivity index (χ3n) is 2.26. The molecule has 10 heavy (non-hydrogen) atoms. The molecule has 1 fully saturated rings. The van der Waals surface area contributed by atoms with Crippen LogP contribution in [-0.4, -0.2) is 5.91 Å². The summed E-state index contributed by atoms with van der Waals surface area (Å²) in [6.45, 7) is 0. The molecule has 0 saturated heterocycles. The van der Waals surface area contributed by atoms with Crippen molar-refractivity contribution < 1.29 is 4.79 Å². The highest BCUT2D eigenvalue weighted by Gasteiger charge is 2.16. The molecular formula is C8H15NO. The number of hydrogen-bond donors (Lipinski definition) is 1. The molecule has 0 bridgehead atoms. The van der Waals surface area contributed by atoms with Crippen molar-refractivity contribution in [3.63, 3.8) is 0 Å². The number of primary amides is 1. The zero-order chi connectivity index (χ0) is 7.40. The largest absolute Gasteiger partial charge is 0.370 e. The highest BCUT2D eigenvalue weighted by molar-refractivity contribution is 5.73. The molecule has 0 aromatic rings. The molecule has 1 amide bonds. The Bertz CT molecular complexity index is 118. The number of rotatable bonds is 4. The maximum atomic E-state index is 10.3. The molecule has 0 heterocycles. The van der Waals surface area contributed by atoms with Crippen LogP contribution in [0.3, 0.4) is 0 Å². The second-order valence-electron chi connectivity index (χ2n) is 3.16. The molecular weight excluding hydrogens is 126 g/mol. The lowest BCUT2D eigenvalue weighted by atomic mass is 9.82. The summed E-state index contributed by atoms with van der Waals surface area (Å²) in [6.07, 6.45) is 6.93. The van der Waals surface area contributed by atoms with Crippen molar-refractivity contribution >= 4 is 5.91 Å². The zero-order valence-electron chi connectivity index (χ0n) is 6.31. The number of hydrogen-bond acceptors (Lipinski definition) is 1. The summed E-state index contributed by atoms with van der Waals surface area (Å²) in [6, 6.07) is 0. The SMILES string of the molecule is NC(=O)CCCC1CCC1. The van der Waals surface area contributed by atoms with Gasteiger partial charge in [-0.1, -0.05) is 19.3 Å². The fraction of sp³-hybridized carbons (Fsp3) is 0.875. The Morgan fingerprint density at radius 3 is 2.60 bits per heavy atom. The molecule has 1 saturated carbocycles. The smallest absolute Gasteiger partial charge is 0.217 e. The number of carbonyl (C=O) groups is 1. The predicted octanol–water partition coefficient (Wildman–Crippen LogP) is 1.44. The van der Waals surface area contributed by atoms with Crippen LogP contribution in [0.5, 0.6) is 0 Å². The average molecular weight is 141 g/mol.